The molecule has 0 aliphatic rings. The number of benzene rings is 6. The zero-order valence-electron chi connectivity index (χ0n) is 37.7. The van der Waals surface area contributed by atoms with Crippen LogP contribution in [0.4, 0.5) is 0 Å². The number of carbonyl (C=O) groups excluding carboxylic acids is 2. The van der Waals surface area contributed by atoms with Crippen LogP contribution in [0.2, 0.25) is 0 Å². The third kappa shape index (κ3) is 10.5. The maximum absolute atomic E-state index is 12.6. The summed E-state index contributed by atoms with van der Waals surface area (Å²) in [6.07, 6.45) is -0.113. The second kappa shape index (κ2) is 20.7. The Morgan fingerprint density at radius 1 is 0.535 bits per heavy atom. The number of fused-ring (bicyclic) bond motifs is 6. The molecule has 20 heteroatoms. The maximum atomic E-state index is 12.6. The highest BCUT2D eigenvalue weighted by molar-refractivity contribution is 6.10. The van der Waals surface area contributed by atoms with E-state index in [0.717, 1.165) is 65.9 Å². The van der Waals surface area contributed by atoms with E-state index < -0.39 is 29.9 Å². The van der Waals surface area contributed by atoms with Crippen LogP contribution in [0.15, 0.2) is 133 Å². The Labute approximate surface area is 402 Å². The fourth-order valence-electron chi connectivity index (χ4n) is 8.49. The molecule has 0 aliphatic heterocycles. The van der Waals surface area contributed by atoms with Crippen LogP contribution in [0.25, 0.3) is 66.4 Å². The average Bonchev–Trinajstić information content (AvgIpc) is 4.22. The first-order valence-electron chi connectivity index (χ1n) is 22.4. The molecule has 0 fully saturated rings. The lowest BCUT2D eigenvalue weighted by Gasteiger charge is -2.14. The predicted molar refractivity (Wildman–Crippen MR) is 261 cm³/mol. The van der Waals surface area contributed by atoms with Crippen LogP contribution >= 0.6 is 0 Å². The van der Waals surface area contributed by atoms with Crippen LogP contribution in [0, 0.1) is 0 Å². The Balaban J connectivity index is 0.000000176. The highest BCUT2D eigenvalue weighted by atomic mass is 16.4. The van der Waals surface area contributed by atoms with E-state index >= 15 is 0 Å². The summed E-state index contributed by atoms with van der Waals surface area (Å²) >= 11 is 0. The van der Waals surface area contributed by atoms with Crippen molar-refractivity contribution in [2.24, 2.45) is 0 Å². The summed E-state index contributed by atoms with van der Waals surface area (Å²) in [5.41, 5.74) is 8.87. The molecule has 10 aromatic rings. The summed E-state index contributed by atoms with van der Waals surface area (Å²) in [5, 5.41) is 64.9. The lowest BCUT2D eigenvalue weighted by atomic mass is 10.1. The van der Waals surface area contributed by atoms with E-state index in [9.17, 15) is 29.1 Å². The number of H-pyrrole nitrogens is 2. The first-order chi connectivity index (χ1) is 34.5. The number of carboxylic acid groups (broad SMARTS) is 3. The maximum Gasteiger partial charge on any atom is 0.326 e. The minimum Gasteiger partial charge on any atom is -0.481 e. The van der Waals surface area contributed by atoms with Gasteiger partial charge in [0.15, 0.2) is 0 Å². The third-order valence-corrected chi connectivity index (χ3v) is 12.0. The molecule has 10 rings (SSSR count). The molecule has 0 unspecified atom stereocenters. The molecule has 0 spiro atoms. The van der Waals surface area contributed by atoms with Gasteiger partial charge in [0.1, 0.15) is 6.04 Å². The van der Waals surface area contributed by atoms with Gasteiger partial charge in [-0.05, 0) is 107 Å². The normalized spacial score (nSPS) is 11.6. The number of hydrogen-bond donors (Lipinski definition) is 7. The second-order valence-corrected chi connectivity index (χ2v) is 16.6. The van der Waals surface area contributed by atoms with Gasteiger partial charge in [0, 0.05) is 98.3 Å². The zero-order valence-corrected chi connectivity index (χ0v) is 37.7. The molecule has 6 aromatic carbocycles. The van der Waals surface area contributed by atoms with Crippen molar-refractivity contribution in [3.8, 4) is 22.8 Å². The monoisotopic (exact) mass is 952 g/mol. The average molecular weight is 953 g/mol. The first-order valence-corrected chi connectivity index (χ1v) is 22.4. The number of amides is 2. The Morgan fingerprint density at radius 3 is 1.45 bits per heavy atom. The van der Waals surface area contributed by atoms with Crippen LogP contribution in [-0.4, -0.2) is 108 Å². The molecular formula is C51H44N12O8. The number of para-hydroxylation sites is 2. The summed E-state index contributed by atoms with van der Waals surface area (Å²) in [7, 11) is 0. The van der Waals surface area contributed by atoms with Crippen molar-refractivity contribution in [3.05, 3.63) is 156 Å². The molecule has 4 heterocycles. The number of rotatable bonds is 17. The van der Waals surface area contributed by atoms with E-state index in [1.165, 1.54) is 0 Å². The molecule has 71 heavy (non-hydrogen) atoms. The van der Waals surface area contributed by atoms with E-state index in [0.29, 0.717) is 43.3 Å². The third-order valence-electron chi connectivity index (χ3n) is 12.0. The zero-order chi connectivity index (χ0) is 49.4. The highest BCUT2D eigenvalue weighted by Crippen LogP contribution is 2.34. The van der Waals surface area contributed by atoms with Crippen molar-refractivity contribution >= 4 is 73.3 Å². The van der Waals surface area contributed by atoms with Crippen molar-refractivity contribution in [3.63, 3.8) is 0 Å². The van der Waals surface area contributed by atoms with Gasteiger partial charge >= 0.3 is 17.9 Å². The summed E-state index contributed by atoms with van der Waals surface area (Å²) in [4.78, 5) is 57.6. The molecule has 0 aliphatic carbocycles. The number of nitrogens with zero attached hydrogens (tertiary/aromatic N) is 8. The van der Waals surface area contributed by atoms with Gasteiger partial charge in [0.05, 0.1) is 0 Å². The van der Waals surface area contributed by atoms with Crippen LogP contribution < -0.4 is 10.6 Å². The minimum atomic E-state index is -1.28. The Kier molecular flexibility index (Phi) is 13.6. The quantitative estimate of drug-likeness (QED) is 0.0469. The predicted octanol–water partition coefficient (Wildman–Crippen LogP) is 6.69. The molecule has 4 aromatic heterocycles. The SMILES string of the molecule is O=C(O)CCCNC(=O)c1ccc(Cn2c3ccccc3c3cc(-c4nn[nH]n4)ccc32)cc1.O=C(O)CC[C@H](NC(=O)c1ccc(Cn2c3ccccc3c3cc(-c4nn[nH]n4)ccc32)cc1)C(=O)O. The summed E-state index contributed by atoms with van der Waals surface area (Å²) in [5.74, 6) is -2.98. The van der Waals surface area contributed by atoms with Crippen molar-refractivity contribution in [2.45, 2.75) is 44.8 Å². The Morgan fingerprint density at radius 2 is 1.00 bits per heavy atom. The number of carbonyl (C=O) groups is 5. The van der Waals surface area contributed by atoms with Crippen LogP contribution in [0.1, 0.15) is 57.5 Å². The minimum absolute atomic E-state index is 0.0363. The molecule has 2 amide bonds. The lowest BCUT2D eigenvalue weighted by molar-refractivity contribution is -0.141. The smallest absolute Gasteiger partial charge is 0.326 e. The Hall–Kier alpha value is -9.59. The number of carboxylic acids is 3. The molecule has 0 radical (unpaired) electrons. The molecule has 356 valence electrons. The van der Waals surface area contributed by atoms with E-state index in [2.05, 4.69) is 91.3 Å². The Bertz CT molecular complexity index is 3550. The van der Waals surface area contributed by atoms with Gasteiger partial charge in [-0.3, -0.25) is 19.2 Å². The van der Waals surface area contributed by atoms with Crippen LogP contribution in [-0.2, 0) is 27.5 Å². The molecule has 1 atom stereocenters. The largest absolute Gasteiger partial charge is 0.481 e. The molecule has 0 saturated carbocycles. The van der Waals surface area contributed by atoms with Gasteiger partial charge in [0.25, 0.3) is 11.8 Å². The van der Waals surface area contributed by atoms with Crippen molar-refractivity contribution in [2.75, 3.05) is 6.54 Å². The molecular weight excluding hydrogens is 909 g/mol. The topological polar surface area (TPSA) is 289 Å². The molecule has 20 nitrogen and oxygen atoms in total. The van der Waals surface area contributed by atoms with Crippen molar-refractivity contribution < 1.29 is 39.3 Å². The molecule has 0 bridgehead atoms. The van der Waals surface area contributed by atoms with Crippen molar-refractivity contribution in [1.82, 2.24) is 61.0 Å². The highest BCUT2D eigenvalue weighted by Gasteiger charge is 2.22. The van der Waals surface area contributed by atoms with Crippen molar-refractivity contribution in [1.29, 1.82) is 0 Å². The number of aliphatic carboxylic acids is 3. The number of nitrogens with one attached hydrogen (secondary N) is 4. The van der Waals surface area contributed by atoms with Gasteiger partial charge in [-0.15, -0.1) is 20.4 Å². The number of aromatic nitrogens is 10. The fraction of sp³-hybridized carbons (Fsp3) is 0.157. The van der Waals surface area contributed by atoms with Crippen LogP contribution in [0.3, 0.4) is 0 Å². The van der Waals surface area contributed by atoms with E-state index in [1.807, 2.05) is 78.9 Å². The van der Waals surface area contributed by atoms with Gasteiger partial charge in [-0.25, -0.2) is 4.79 Å². The molecule has 0 saturated heterocycles. The first kappa shape index (κ1) is 46.5. The van der Waals surface area contributed by atoms with E-state index in [4.69, 9.17) is 10.2 Å². The van der Waals surface area contributed by atoms with E-state index in [1.54, 1.807) is 24.3 Å². The number of aromatic amines is 2. The van der Waals surface area contributed by atoms with Crippen LogP contribution in [0.5, 0.6) is 0 Å². The summed E-state index contributed by atoms with van der Waals surface area (Å²) < 4.78 is 4.44. The van der Waals surface area contributed by atoms with Gasteiger partial charge in [-0.2, -0.15) is 10.4 Å². The van der Waals surface area contributed by atoms with Gasteiger partial charge < -0.3 is 35.1 Å². The fourth-order valence-corrected chi connectivity index (χ4v) is 8.49. The number of tetrazole rings is 2. The summed E-state index contributed by atoms with van der Waals surface area (Å²) in [6, 6.07) is 41.6. The van der Waals surface area contributed by atoms with E-state index in [-0.39, 0.29) is 30.7 Å². The lowest BCUT2D eigenvalue weighted by Crippen LogP contribution is -2.41. The van der Waals surface area contributed by atoms with Gasteiger partial charge in [0.2, 0.25) is 11.6 Å². The second-order valence-electron chi connectivity index (χ2n) is 16.6. The van der Waals surface area contributed by atoms with Gasteiger partial charge in [-0.1, -0.05) is 60.7 Å². The summed E-state index contributed by atoms with van der Waals surface area (Å²) in [6.45, 7) is 1.52. The number of hydrogen-bond acceptors (Lipinski definition) is 11. The standard InChI is InChI=1S/C26H22N6O5.C25H22N6O3/c33-23(34)12-10-20(26(36)37)27-25(35)16-7-5-15(6-8-16)14-32-21-4-2-1-3-18(21)19-13-17(9-11-22(19)32)24-28-30-31-29-24;32-23(33)6-3-13-26-25(34)17-9-7-16(8-10-17)15-31-21-5-2-1-4-19(21)20-14-18(11-12-22(20)31)24-27-29-30-28-24/h1-9,11,13,20H,10,12,14H2,(H,27,35)(H,33,34)(H,36,37)(H,28,29,30,31);1-2,4-5,7-12,14H,3,6,13,15H2,(H,26,34)(H,32,33)(H,27,28,29,30)/t20-;/m0./s1. The molecule has 7 N–H and O–H groups in total.